The van der Waals surface area contributed by atoms with Crippen molar-refractivity contribution in [3.8, 4) is 0 Å². The number of pyridine rings is 1. The van der Waals surface area contributed by atoms with Crippen LogP contribution in [0.3, 0.4) is 0 Å². The van der Waals surface area contributed by atoms with E-state index in [9.17, 15) is 9.59 Å². The number of carbonyl (C=O) groups excluding carboxylic acids is 1. The molecule has 0 saturated heterocycles. The number of fused-ring (bicyclic) bond motifs is 2. The van der Waals surface area contributed by atoms with Gasteiger partial charge in [-0.3, -0.25) is 19.1 Å². The fourth-order valence-electron chi connectivity index (χ4n) is 3.69. The van der Waals surface area contributed by atoms with E-state index in [-0.39, 0.29) is 11.5 Å². The Morgan fingerprint density at radius 3 is 2.93 bits per heavy atom. The Morgan fingerprint density at radius 1 is 1.28 bits per heavy atom. The lowest BCUT2D eigenvalue weighted by molar-refractivity contribution is -0.131. The normalized spacial score (nSPS) is 14.2. The third-order valence-electron chi connectivity index (χ3n) is 5.35. The number of carbonyl (C=O) groups is 1. The predicted molar refractivity (Wildman–Crippen MR) is 114 cm³/mol. The van der Waals surface area contributed by atoms with Crippen LogP contribution in [0.15, 0.2) is 34.6 Å². The minimum Gasteiger partial charge on any atom is -0.340 e. The van der Waals surface area contributed by atoms with Gasteiger partial charge in [-0.1, -0.05) is 6.07 Å². The SMILES string of the molecule is Cc1csc2c(=O)n3c(nc12)CCN(C(=O)CCN(C)Cc1ccccn1)CC3. The molecule has 29 heavy (non-hydrogen) atoms. The van der Waals surface area contributed by atoms with Gasteiger partial charge in [-0.15, -0.1) is 11.3 Å². The number of amides is 1. The van der Waals surface area contributed by atoms with Crippen LogP contribution < -0.4 is 5.56 Å². The van der Waals surface area contributed by atoms with Crippen LogP contribution in [-0.2, 0) is 24.3 Å². The Hall–Kier alpha value is -2.58. The highest BCUT2D eigenvalue weighted by Crippen LogP contribution is 2.21. The lowest BCUT2D eigenvalue weighted by atomic mass is 10.2. The van der Waals surface area contributed by atoms with Gasteiger partial charge in [0, 0.05) is 51.8 Å². The third kappa shape index (κ3) is 4.23. The molecule has 1 amide bonds. The predicted octanol–water partition coefficient (Wildman–Crippen LogP) is 2.07. The maximum atomic E-state index is 12.8. The molecule has 3 aromatic rings. The summed E-state index contributed by atoms with van der Waals surface area (Å²) in [5, 5.41) is 1.98. The van der Waals surface area contributed by atoms with Gasteiger partial charge in [-0.25, -0.2) is 4.98 Å². The molecular formula is C21H25N5O2S. The molecule has 7 nitrogen and oxygen atoms in total. The first kappa shape index (κ1) is 19.7. The van der Waals surface area contributed by atoms with Crippen molar-refractivity contribution >= 4 is 27.5 Å². The summed E-state index contributed by atoms with van der Waals surface area (Å²) in [5.41, 5.74) is 2.86. The minimum atomic E-state index is 0.0208. The van der Waals surface area contributed by atoms with E-state index in [4.69, 9.17) is 4.98 Å². The summed E-state index contributed by atoms with van der Waals surface area (Å²) >= 11 is 1.45. The summed E-state index contributed by atoms with van der Waals surface area (Å²) in [7, 11) is 2.00. The molecule has 0 aliphatic carbocycles. The van der Waals surface area contributed by atoms with E-state index in [2.05, 4.69) is 9.88 Å². The Bertz CT molecular complexity index is 1080. The third-order valence-corrected chi connectivity index (χ3v) is 6.43. The molecule has 0 saturated carbocycles. The maximum absolute atomic E-state index is 12.8. The molecule has 0 spiro atoms. The van der Waals surface area contributed by atoms with Crippen LogP contribution >= 0.6 is 11.3 Å². The standard InChI is InChI=1S/C21H25N5O2S/c1-15-14-29-20-19(15)23-17-6-10-25(11-12-26(17)21(20)28)18(27)7-9-24(2)13-16-5-3-4-8-22-16/h3-5,8,14H,6-7,9-13H2,1-2H3. The average Bonchev–Trinajstić information content (AvgIpc) is 2.95. The second kappa shape index (κ2) is 8.42. The van der Waals surface area contributed by atoms with Crippen LogP contribution in [-0.4, -0.2) is 56.9 Å². The zero-order chi connectivity index (χ0) is 20.4. The van der Waals surface area contributed by atoms with Crippen molar-refractivity contribution in [2.45, 2.75) is 32.9 Å². The smallest absolute Gasteiger partial charge is 0.271 e. The van der Waals surface area contributed by atoms with Crippen molar-refractivity contribution < 1.29 is 4.79 Å². The van der Waals surface area contributed by atoms with Crippen molar-refractivity contribution in [2.75, 3.05) is 26.7 Å². The number of aromatic nitrogens is 3. The molecule has 3 aromatic heterocycles. The molecule has 0 radical (unpaired) electrons. The van der Waals surface area contributed by atoms with Gasteiger partial charge in [0.1, 0.15) is 10.5 Å². The maximum Gasteiger partial charge on any atom is 0.271 e. The van der Waals surface area contributed by atoms with Crippen molar-refractivity contribution in [1.29, 1.82) is 0 Å². The van der Waals surface area contributed by atoms with Crippen molar-refractivity contribution in [3.05, 3.63) is 57.2 Å². The van der Waals surface area contributed by atoms with E-state index in [1.807, 2.05) is 42.5 Å². The van der Waals surface area contributed by atoms with Crippen LogP contribution in [0.4, 0.5) is 0 Å². The van der Waals surface area contributed by atoms with E-state index >= 15 is 0 Å². The van der Waals surface area contributed by atoms with Crippen LogP contribution in [0.5, 0.6) is 0 Å². The van der Waals surface area contributed by atoms with E-state index in [1.54, 1.807) is 10.8 Å². The zero-order valence-electron chi connectivity index (χ0n) is 16.8. The summed E-state index contributed by atoms with van der Waals surface area (Å²) < 4.78 is 2.46. The lowest BCUT2D eigenvalue weighted by Crippen LogP contribution is -2.36. The average molecular weight is 412 g/mol. The Labute approximate surface area is 173 Å². The van der Waals surface area contributed by atoms with E-state index in [0.29, 0.717) is 43.7 Å². The molecule has 0 aromatic carbocycles. The fourth-order valence-corrected chi connectivity index (χ4v) is 4.62. The molecule has 0 bridgehead atoms. The van der Waals surface area contributed by atoms with Gasteiger partial charge in [0.05, 0.1) is 11.2 Å². The lowest BCUT2D eigenvalue weighted by Gasteiger charge is -2.22. The van der Waals surface area contributed by atoms with Crippen molar-refractivity contribution in [2.24, 2.45) is 0 Å². The zero-order valence-corrected chi connectivity index (χ0v) is 17.6. The van der Waals surface area contributed by atoms with Gasteiger partial charge in [0.25, 0.3) is 5.56 Å². The molecule has 8 heteroatoms. The first-order valence-corrected chi connectivity index (χ1v) is 10.7. The Balaban J connectivity index is 1.38. The summed E-state index contributed by atoms with van der Waals surface area (Å²) in [6, 6.07) is 5.86. The number of thiophene rings is 1. The monoisotopic (exact) mass is 411 g/mol. The molecule has 1 aliphatic rings. The Morgan fingerprint density at radius 2 is 2.14 bits per heavy atom. The molecular weight excluding hydrogens is 386 g/mol. The van der Waals surface area contributed by atoms with E-state index in [1.165, 1.54) is 11.3 Å². The second-order valence-electron chi connectivity index (χ2n) is 7.52. The molecule has 0 unspecified atom stereocenters. The Kier molecular flexibility index (Phi) is 5.73. The molecule has 1 aliphatic heterocycles. The quantitative estimate of drug-likeness (QED) is 0.643. The van der Waals surface area contributed by atoms with Gasteiger partial charge in [0.15, 0.2) is 0 Å². The van der Waals surface area contributed by atoms with Crippen LogP contribution in [0.1, 0.15) is 23.5 Å². The molecule has 0 atom stereocenters. The molecule has 4 heterocycles. The van der Waals surface area contributed by atoms with Gasteiger partial charge in [-0.2, -0.15) is 0 Å². The topological polar surface area (TPSA) is 71.3 Å². The van der Waals surface area contributed by atoms with E-state index < -0.39 is 0 Å². The van der Waals surface area contributed by atoms with Crippen LogP contribution in [0, 0.1) is 6.92 Å². The van der Waals surface area contributed by atoms with Gasteiger partial charge < -0.3 is 9.80 Å². The van der Waals surface area contributed by atoms with Gasteiger partial charge >= 0.3 is 0 Å². The first-order chi connectivity index (χ1) is 14.0. The number of hydrogen-bond donors (Lipinski definition) is 0. The highest BCUT2D eigenvalue weighted by molar-refractivity contribution is 7.17. The fraction of sp³-hybridized carbons (Fsp3) is 0.429. The molecule has 4 rings (SSSR count). The summed E-state index contributed by atoms with van der Waals surface area (Å²) in [4.78, 5) is 38.6. The van der Waals surface area contributed by atoms with Crippen molar-refractivity contribution in [1.82, 2.24) is 24.3 Å². The molecule has 0 N–H and O–H groups in total. The summed E-state index contributed by atoms with van der Waals surface area (Å²) in [6.07, 6.45) is 2.84. The molecule has 0 fully saturated rings. The van der Waals surface area contributed by atoms with Crippen LogP contribution in [0.25, 0.3) is 10.2 Å². The summed E-state index contributed by atoms with van der Waals surface area (Å²) in [5.74, 6) is 0.906. The van der Waals surface area contributed by atoms with Gasteiger partial charge in [-0.05, 0) is 37.0 Å². The minimum absolute atomic E-state index is 0.0208. The highest BCUT2D eigenvalue weighted by Gasteiger charge is 2.22. The van der Waals surface area contributed by atoms with Crippen molar-refractivity contribution in [3.63, 3.8) is 0 Å². The number of hydrogen-bond acceptors (Lipinski definition) is 6. The summed E-state index contributed by atoms with van der Waals surface area (Å²) in [6.45, 7) is 5.03. The molecule has 152 valence electrons. The van der Waals surface area contributed by atoms with Gasteiger partial charge in [0.2, 0.25) is 5.91 Å². The van der Waals surface area contributed by atoms with Crippen LogP contribution in [0.2, 0.25) is 0 Å². The number of nitrogens with zero attached hydrogens (tertiary/aromatic N) is 5. The first-order valence-electron chi connectivity index (χ1n) is 9.86. The van der Waals surface area contributed by atoms with E-state index in [0.717, 1.165) is 29.1 Å². The largest absolute Gasteiger partial charge is 0.340 e. The highest BCUT2D eigenvalue weighted by atomic mass is 32.1. The number of rotatable bonds is 5. The second-order valence-corrected chi connectivity index (χ2v) is 8.40. The number of aryl methyl sites for hydroxylation is 1.